The molecule has 1 rings (SSSR count). The molecule has 2 heteroatoms. The lowest BCUT2D eigenvalue weighted by molar-refractivity contribution is -0.130. The third-order valence-electron chi connectivity index (χ3n) is 5.03. The van der Waals surface area contributed by atoms with Crippen molar-refractivity contribution in [1.29, 1.82) is 0 Å². The van der Waals surface area contributed by atoms with E-state index >= 15 is 0 Å². The molecule has 1 heterocycles. The predicted molar refractivity (Wildman–Crippen MR) is 96.0 cm³/mol. The Labute approximate surface area is 139 Å². The van der Waals surface area contributed by atoms with Gasteiger partial charge in [0.2, 0.25) is 5.91 Å². The lowest BCUT2D eigenvalue weighted by atomic mass is 9.94. The standard InChI is InChI=1S/C20H39NO/c1-18(2)14-15-19(3)12-8-6-4-5-7-9-13-20(22)21-16-10-11-17-21/h18-19H,4-17H2,1-3H3. The first-order valence-electron chi connectivity index (χ1n) is 9.87. The normalized spacial score (nSPS) is 16.5. The van der Waals surface area contributed by atoms with Crippen LogP contribution in [0.15, 0.2) is 0 Å². The van der Waals surface area contributed by atoms with E-state index in [4.69, 9.17) is 0 Å². The average molecular weight is 310 g/mol. The van der Waals surface area contributed by atoms with Crippen LogP contribution in [-0.4, -0.2) is 23.9 Å². The minimum atomic E-state index is 0.400. The van der Waals surface area contributed by atoms with Gasteiger partial charge in [0.15, 0.2) is 0 Å². The van der Waals surface area contributed by atoms with Crippen LogP contribution in [0.25, 0.3) is 0 Å². The second-order valence-electron chi connectivity index (χ2n) is 7.82. The van der Waals surface area contributed by atoms with Gasteiger partial charge in [0.25, 0.3) is 0 Å². The fourth-order valence-electron chi connectivity index (χ4n) is 3.36. The summed E-state index contributed by atoms with van der Waals surface area (Å²) in [4.78, 5) is 13.9. The van der Waals surface area contributed by atoms with Crippen LogP contribution in [0.1, 0.15) is 97.8 Å². The summed E-state index contributed by atoms with van der Waals surface area (Å²) in [6, 6.07) is 0. The highest BCUT2D eigenvalue weighted by atomic mass is 16.2. The largest absolute Gasteiger partial charge is 0.343 e. The number of unbranched alkanes of at least 4 members (excludes halogenated alkanes) is 5. The van der Waals surface area contributed by atoms with E-state index in [1.165, 1.54) is 64.2 Å². The fourth-order valence-corrected chi connectivity index (χ4v) is 3.36. The third kappa shape index (κ3) is 9.48. The van der Waals surface area contributed by atoms with Gasteiger partial charge in [0.05, 0.1) is 0 Å². The molecule has 1 aliphatic heterocycles. The zero-order chi connectivity index (χ0) is 16.2. The minimum absolute atomic E-state index is 0.400. The van der Waals surface area contributed by atoms with Crippen molar-refractivity contribution in [2.75, 3.05) is 13.1 Å². The van der Waals surface area contributed by atoms with E-state index in [9.17, 15) is 4.79 Å². The van der Waals surface area contributed by atoms with Crippen LogP contribution < -0.4 is 0 Å². The van der Waals surface area contributed by atoms with Gasteiger partial charge in [-0.1, -0.05) is 72.1 Å². The van der Waals surface area contributed by atoms with Crippen molar-refractivity contribution in [2.24, 2.45) is 11.8 Å². The fraction of sp³-hybridized carbons (Fsp3) is 0.950. The van der Waals surface area contributed by atoms with Crippen LogP contribution in [0.5, 0.6) is 0 Å². The molecule has 0 spiro atoms. The van der Waals surface area contributed by atoms with Crippen LogP contribution >= 0.6 is 0 Å². The molecule has 2 nitrogen and oxygen atoms in total. The van der Waals surface area contributed by atoms with Gasteiger partial charge in [-0.25, -0.2) is 0 Å². The summed E-state index contributed by atoms with van der Waals surface area (Å²) in [5.74, 6) is 2.16. The van der Waals surface area contributed by atoms with E-state index in [2.05, 4.69) is 25.7 Å². The average Bonchev–Trinajstić information content (AvgIpc) is 3.02. The first kappa shape index (κ1) is 19.5. The molecular formula is C20H39NO. The van der Waals surface area contributed by atoms with Gasteiger partial charge < -0.3 is 4.90 Å². The molecule has 0 aliphatic carbocycles. The van der Waals surface area contributed by atoms with Crippen LogP contribution in [0.3, 0.4) is 0 Å². The number of likely N-dealkylation sites (tertiary alicyclic amines) is 1. The molecule has 1 amide bonds. The number of carbonyl (C=O) groups is 1. The Kier molecular flexibility index (Phi) is 10.6. The summed E-state index contributed by atoms with van der Waals surface area (Å²) < 4.78 is 0. The molecule has 0 aromatic rings. The molecule has 0 aromatic heterocycles. The van der Waals surface area contributed by atoms with Crippen molar-refractivity contribution < 1.29 is 4.79 Å². The van der Waals surface area contributed by atoms with Gasteiger partial charge in [0, 0.05) is 19.5 Å². The summed E-state index contributed by atoms with van der Waals surface area (Å²) in [5, 5.41) is 0. The van der Waals surface area contributed by atoms with Crippen LogP contribution in [0.4, 0.5) is 0 Å². The molecule has 1 aliphatic rings. The summed E-state index contributed by atoms with van der Waals surface area (Å²) in [6.07, 6.45) is 15.2. The molecule has 0 aromatic carbocycles. The number of carbonyl (C=O) groups excluding carboxylic acids is 1. The molecule has 1 atom stereocenters. The quantitative estimate of drug-likeness (QED) is 0.417. The number of hydrogen-bond donors (Lipinski definition) is 0. The lowest BCUT2D eigenvalue weighted by Gasteiger charge is -2.14. The molecule has 1 fully saturated rings. The van der Waals surface area contributed by atoms with Crippen molar-refractivity contribution in [1.82, 2.24) is 4.90 Å². The maximum atomic E-state index is 11.9. The van der Waals surface area contributed by atoms with Gasteiger partial charge in [-0.15, -0.1) is 0 Å². The number of hydrogen-bond acceptors (Lipinski definition) is 1. The number of amides is 1. The second kappa shape index (κ2) is 12.0. The van der Waals surface area contributed by atoms with E-state index in [1.54, 1.807) is 0 Å². The highest BCUT2D eigenvalue weighted by Gasteiger charge is 2.16. The van der Waals surface area contributed by atoms with Crippen LogP contribution in [0, 0.1) is 11.8 Å². The first-order valence-corrected chi connectivity index (χ1v) is 9.87. The molecule has 1 saturated heterocycles. The third-order valence-corrected chi connectivity index (χ3v) is 5.03. The van der Waals surface area contributed by atoms with E-state index in [0.29, 0.717) is 5.91 Å². The highest BCUT2D eigenvalue weighted by Crippen LogP contribution is 2.19. The van der Waals surface area contributed by atoms with Crippen LogP contribution in [0.2, 0.25) is 0 Å². The Morgan fingerprint density at radius 1 is 0.818 bits per heavy atom. The summed E-state index contributed by atoms with van der Waals surface area (Å²) in [6.45, 7) is 9.07. The smallest absolute Gasteiger partial charge is 0.222 e. The van der Waals surface area contributed by atoms with Crippen molar-refractivity contribution in [3.63, 3.8) is 0 Å². The van der Waals surface area contributed by atoms with Crippen molar-refractivity contribution in [3.05, 3.63) is 0 Å². The van der Waals surface area contributed by atoms with Crippen LogP contribution in [-0.2, 0) is 4.79 Å². The lowest BCUT2D eigenvalue weighted by Crippen LogP contribution is -2.27. The second-order valence-corrected chi connectivity index (χ2v) is 7.82. The SMILES string of the molecule is CC(C)CCC(C)CCCCCCCCC(=O)N1CCCC1. The minimum Gasteiger partial charge on any atom is -0.343 e. The molecule has 0 N–H and O–H groups in total. The molecule has 22 heavy (non-hydrogen) atoms. The molecular weight excluding hydrogens is 270 g/mol. The van der Waals surface area contributed by atoms with E-state index in [-0.39, 0.29) is 0 Å². The molecule has 130 valence electrons. The van der Waals surface area contributed by atoms with E-state index in [1.807, 2.05) is 0 Å². The Morgan fingerprint density at radius 2 is 1.41 bits per heavy atom. The van der Waals surface area contributed by atoms with Crippen molar-refractivity contribution in [2.45, 2.75) is 97.8 Å². The Hall–Kier alpha value is -0.530. The van der Waals surface area contributed by atoms with E-state index in [0.717, 1.165) is 37.8 Å². The topological polar surface area (TPSA) is 20.3 Å². The molecule has 0 saturated carbocycles. The van der Waals surface area contributed by atoms with Gasteiger partial charge in [-0.2, -0.15) is 0 Å². The number of rotatable bonds is 12. The maximum Gasteiger partial charge on any atom is 0.222 e. The zero-order valence-electron chi connectivity index (χ0n) is 15.4. The Balaban J connectivity index is 1.84. The van der Waals surface area contributed by atoms with Gasteiger partial charge in [-0.05, 0) is 31.1 Å². The summed E-state index contributed by atoms with van der Waals surface area (Å²) in [7, 11) is 0. The van der Waals surface area contributed by atoms with Gasteiger partial charge in [0.1, 0.15) is 0 Å². The predicted octanol–water partition coefficient (Wildman–Crippen LogP) is 5.80. The maximum absolute atomic E-state index is 11.9. The molecule has 0 bridgehead atoms. The Morgan fingerprint density at radius 3 is 2.05 bits per heavy atom. The molecule has 0 radical (unpaired) electrons. The summed E-state index contributed by atoms with van der Waals surface area (Å²) >= 11 is 0. The number of nitrogens with zero attached hydrogens (tertiary/aromatic N) is 1. The van der Waals surface area contributed by atoms with E-state index < -0.39 is 0 Å². The Bertz CT molecular complexity index is 281. The monoisotopic (exact) mass is 309 g/mol. The summed E-state index contributed by atoms with van der Waals surface area (Å²) in [5.41, 5.74) is 0. The zero-order valence-corrected chi connectivity index (χ0v) is 15.4. The highest BCUT2D eigenvalue weighted by molar-refractivity contribution is 5.76. The van der Waals surface area contributed by atoms with Crippen molar-refractivity contribution >= 4 is 5.91 Å². The van der Waals surface area contributed by atoms with Crippen molar-refractivity contribution in [3.8, 4) is 0 Å². The molecule has 1 unspecified atom stereocenters. The first-order chi connectivity index (χ1) is 10.6. The van der Waals surface area contributed by atoms with Gasteiger partial charge in [-0.3, -0.25) is 4.79 Å². The van der Waals surface area contributed by atoms with Gasteiger partial charge >= 0.3 is 0 Å².